The van der Waals surface area contributed by atoms with E-state index in [4.69, 9.17) is 18.9 Å². The van der Waals surface area contributed by atoms with Crippen LogP contribution in [0.15, 0.2) is 30.5 Å². The Hall–Kier alpha value is -1.68. The third kappa shape index (κ3) is 1.34. The highest BCUT2D eigenvalue weighted by Gasteiger charge is 2.39. The van der Waals surface area contributed by atoms with Crippen molar-refractivity contribution in [2.24, 2.45) is 0 Å². The zero-order valence-corrected chi connectivity index (χ0v) is 8.88. The second-order valence-corrected chi connectivity index (χ2v) is 3.70. The van der Waals surface area contributed by atoms with Gasteiger partial charge in [-0.1, -0.05) is 6.07 Å². The SMILES string of the molecule is COCOc1cccc2c1C1C=COC1O2. The lowest BCUT2D eigenvalue weighted by molar-refractivity contribution is -0.00500. The molecule has 84 valence electrons. The molecule has 1 aromatic carbocycles. The van der Waals surface area contributed by atoms with E-state index in [2.05, 4.69) is 0 Å². The second-order valence-electron chi connectivity index (χ2n) is 3.70. The van der Waals surface area contributed by atoms with Gasteiger partial charge < -0.3 is 18.9 Å². The Morgan fingerprint density at radius 3 is 3.19 bits per heavy atom. The lowest BCUT2D eigenvalue weighted by Gasteiger charge is -2.10. The fourth-order valence-corrected chi connectivity index (χ4v) is 2.04. The molecule has 16 heavy (non-hydrogen) atoms. The molecular weight excluding hydrogens is 208 g/mol. The summed E-state index contributed by atoms with van der Waals surface area (Å²) < 4.78 is 21.4. The maximum absolute atomic E-state index is 5.65. The topological polar surface area (TPSA) is 36.9 Å². The van der Waals surface area contributed by atoms with Crippen LogP contribution in [-0.2, 0) is 9.47 Å². The third-order valence-electron chi connectivity index (χ3n) is 2.73. The van der Waals surface area contributed by atoms with Crippen LogP contribution in [0.25, 0.3) is 0 Å². The quantitative estimate of drug-likeness (QED) is 0.730. The molecule has 0 fully saturated rings. The van der Waals surface area contributed by atoms with Crippen molar-refractivity contribution in [3.63, 3.8) is 0 Å². The molecule has 2 atom stereocenters. The van der Waals surface area contributed by atoms with Gasteiger partial charge in [-0.05, 0) is 18.2 Å². The molecule has 0 aromatic heterocycles. The van der Waals surface area contributed by atoms with Crippen LogP contribution in [0.4, 0.5) is 0 Å². The van der Waals surface area contributed by atoms with E-state index in [0.29, 0.717) is 0 Å². The van der Waals surface area contributed by atoms with E-state index in [-0.39, 0.29) is 19.0 Å². The molecule has 0 N–H and O–H groups in total. The van der Waals surface area contributed by atoms with Crippen LogP contribution in [0.2, 0.25) is 0 Å². The Balaban J connectivity index is 1.96. The van der Waals surface area contributed by atoms with Gasteiger partial charge in [-0.2, -0.15) is 0 Å². The minimum Gasteiger partial charge on any atom is -0.467 e. The van der Waals surface area contributed by atoms with Crippen molar-refractivity contribution in [2.75, 3.05) is 13.9 Å². The lowest BCUT2D eigenvalue weighted by Crippen LogP contribution is -2.14. The highest BCUT2D eigenvalue weighted by atomic mass is 16.7. The molecule has 1 aromatic rings. The van der Waals surface area contributed by atoms with Crippen LogP contribution >= 0.6 is 0 Å². The largest absolute Gasteiger partial charge is 0.467 e. The predicted octanol–water partition coefficient (Wildman–Crippen LogP) is 2.02. The summed E-state index contributed by atoms with van der Waals surface area (Å²) in [6.45, 7) is 0.235. The molecule has 4 nitrogen and oxygen atoms in total. The van der Waals surface area contributed by atoms with Gasteiger partial charge in [0.2, 0.25) is 0 Å². The Morgan fingerprint density at radius 2 is 2.31 bits per heavy atom. The standard InChI is InChI=1S/C12H12O4/c1-13-7-15-9-3-2-4-10-11(9)8-5-6-14-12(8)16-10/h2-6,8,12H,7H2,1H3. The van der Waals surface area contributed by atoms with Gasteiger partial charge in [0.05, 0.1) is 17.7 Å². The van der Waals surface area contributed by atoms with E-state index in [1.165, 1.54) is 0 Å². The molecule has 2 unspecified atom stereocenters. The number of fused-ring (bicyclic) bond motifs is 3. The minimum absolute atomic E-state index is 0.128. The third-order valence-corrected chi connectivity index (χ3v) is 2.73. The van der Waals surface area contributed by atoms with Crippen molar-refractivity contribution in [2.45, 2.75) is 12.2 Å². The fourth-order valence-electron chi connectivity index (χ4n) is 2.04. The average Bonchev–Trinajstić information content (AvgIpc) is 2.85. The van der Waals surface area contributed by atoms with Crippen LogP contribution < -0.4 is 9.47 Å². The van der Waals surface area contributed by atoms with Crippen LogP contribution in [0, 0.1) is 0 Å². The maximum atomic E-state index is 5.65. The highest BCUT2D eigenvalue weighted by Crippen LogP contribution is 2.46. The van der Waals surface area contributed by atoms with Gasteiger partial charge in [-0.25, -0.2) is 0 Å². The number of hydrogen-bond acceptors (Lipinski definition) is 4. The van der Waals surface area contributed by atoms with Crippen LogP contribution in [0.1, 0.15) is 11.5 Å². The molecule has 4 heteroatoms. The molecule has 0 saturated carbocycles. The predicted molar refractivity (Wildman–Crippen MR) is 56.3 cm³/mol. The van der Waals surface area contributed by atoms with Crippen molar-refractivity contribution >= 4 is 0 Å². The van der Waals surface area contributed by atoms with Crippen LogP contribution in [0.5, 0.6) is 11.5 Å². The van der Waals surface area contributed by atoms with E-state index in [1.54, 1.807) is 13.4 Å². The molecule has 0 saturated heterocycles. The average molecular weight is 220 g/mol. The summed E-state index contributed by atoms with van der Waals surface area (Å²) in [5.74, 6) is 1.75. The van der Waals surface area contributed by atoms with Gasteiger partial charge >= 0.3 is 0 Å². The fraction of sp³-hybridized carbons (Fsp3) is 0.333. The molecule has 0 aliphatic carbocycles. The number of benzene rings is 1. The van der Waals surface area contributed by atoms with Crippen molar-refractivity contribution < 1.29 is 18.9 Å². The van der Waals surface area contributed by atoms with Gasteiger partial charge in [-0.15, -0.1) is 0 Å². The van der Waals surface area contributed by atoms with Crippen molar-refractivity contribution in [3.8, 4) is 11.5 Å². The van der Waals surface area contributed by atoms with Gasteiger partial charge in [0, 0.05) is 7.11 Å². The first-order chi connectivity index (χ1) is 7.90. The molecular formula is C12H12O4. The summed E-state index contributed by atoms with van der Waals surface area (Å²) in [5.41, 5.74) is 1.04. The first-order valence-electron chi connectivity index (χ1n) is 5.13. The summed E-state index contributed by atoms with van der Waals surface area (Å²) in [5, 5.41) is 0. The second kappa shape index (κ2) is 3.72. The number of ether oxygens (including phenoxy) is 4. The van der Waals surface area contributed by atoms with E-state index >= 15 is 0 Å². The maximum Gasteiger partial charge on any atom is 0.250 e. The summed E-state index contributed by atoms with van der Waals surface area (Å²) in [6.07, 6.45) is 3.42. The normalized spacial score (nSPS) is 24.6. The number of methoxy groups -OCH3 is 1. The Morgan fingerprint density at radius 1 is 1.38 bits per heavy atom. The van der Waals surface area contributed by atoms with Crippen LogP contribution in [-0.4, -0.2) is 20.2 Å². The molecule has 2 aliphatic heterocycles. The minimum atomic E-state index is -0.234. The van der Waals surface area contributed by atoms with Gasteiger partial charge in [0.15, 0.2) is 6.79 Å². The summed E-state index contributed by atoms with van der Waals surface area (Å²) in [6, 6.07) is 5.73. The monoisotopic (exact) mass is 220 g/mol. The van der Waals surface area contributed by atoms with E-state index in [9.17, 15) is 0 Å². The Labute approximate surface area is 93.4 Å². The first kappa shape index (κ1) is 9.54. The molecule has 0 bridgehead atoms. The molecule has 3 rings (SSSR count). The highest BCUT2D eigenvalue weighted by molar-refractivity contribution is 5.52. The molecule has 2 heterocycles. The summed E-state index contributed by atoms with van der Waals surface area (Å²) >= 11 is 0. The van der Waals surface area contributed by atoms with Crippen molar-refractivity contribution in [3.05, 3.63) is 36.1 Å². The molecule has 2 aliphatic rings. The summed E-state index contributed by atoms with van der Waals surface area (Å²) in [4.78, 5) is 0. The van der Waals surface area contributed by atoms with Crippen LogP contribution in [0.3, 0.4) is 0 Å². The smallest absolute Gasteiger partial charge is 0.250 e. The molecule has 0 radical (unpaired) electrons. The Kier molecular flexibility index (Phi) is 2.22. The van der Waals surface area contributed by atoms with Crippen molar-refractivity contribution in [1.82, 2.24) is 0 Å². The van der Waals surface area contributed by atoms with Crippen molar-refractivity contribution in [1.29, 1.82) is 0 Å². The first-order valence-corrected chi connectivity index (χ1v) is 5.13. The van der Waals surface area contributed by atoms with Gasteiger partial charge in [0.25, 0.3) is 6.29 Å². The zero-order valence-electron chi connectivity index (χ0n) is 8.88. The lowest BCUT2D eigenvalue weighted by atomic mass is 10.00. The van der Waals surface area contributed by atoms with Gasteiger partial charge in [-0.3, -0.25) is 0 Å². The molecule has 0 amide bonds. The van der Waals surface area contributed by atoms with E-state index < -0.39 is 0 Å². The molecule has 0 spiro atoms. The Bertz CT molecular complexity index is 427. The zero-order chi connectivity index (χ0) is 11.0. The number of rotatable bonds is 3. The van der Waals surface area contributed by atoms with E-state index in [0.717, 1.165) is 17.1 Å². The van der Waals surface area contributed by atoms with E-state index in [1.807, 2.05) is 24.3 Å². The van der Waals surface area contributed by atoms with Gasteiger partial charge in [0.1, 0.15) is 11.5 Å². The summed E-state index contributed by atoms with van der Waals surface area (Å²) in [7, 11) is 1.60. The number of hydrogen-bond donors (Lipinski definition) is 0.